The van der Waals surface area contributed by atoms with Gasteiger partial charge in [-0.25, -0.2) is 4.79 Å². The number of ether oxygens (including phenoxy) is 2. The smallest absolute Gasteiger partial charge is 0.343 e. The summed E-state index contributed by atoms with van der Waals surface area (Å²) in [6, 6.07) is 14.8. The number of rotatable bonds is 10. The zero-order valence-electron chi connectivity index (χ0n) is 20.7. The average Bonchev–Trinajstić information content (AvgIpc) is 3.31. The van der Waals surface area contributed by atoms with Crippen molar-refractivity contribution in [2.75, 3.05) is 20.3 Å². The standard InChI is InChI=1S/C28H29N3O6/c1-3-37-28(35)22-16-31-27(34)25(26(22)33)21(17-8-10-19(36-2)11-9-17)14-24(32)29-13-12-18-15-30-23-7-5-4-6-20(18)23/h4-11,15-16,21,30H,3,12-14H2,1-2H3,(H,29,32)(H2,31,33,34). The van der Waals surface area contributed by atoms with Gasteiger partial charge in [-0.05, 0) is 42.7 Å². The summed E-state index contributed by atoms with van der Waals surface area (Å²) in [5.41, 5.74) is 1.86. The number of para-hydroxylation sites is 1. The number of aromatic hydroxyl groups is 1. The SMILES string of the molecule is CCOC(=O)c1c[nH]c(=O)c(C(CC(=O)NCCc2c[nH]c3ccccc23)c2ccc(OC)cc2)c1O. The highest BCUT2D eigenvalue weighted by Gasteiger charge is 2.28. The zero-order chi connectivity index (χ0) is 26.4. The molecule has 4 aromatic rings. The number of aromatic amines is 2. The van der Waals surface area contributed by atoms with Crippen molar-refractivity contribution in [1.29, 1.82) is 0 Å². The fourth-order valence-corrected chi connectivity index (χ4v) is 4.38. The predicted octanol–water partition coefficient (Wildman–Crippen LogP) is 3.63. The molecule has 1 unspecified atom stereocenters. The Morgan fingerprint density at radius 2 is 1.81 bits per heavy atom. The van der Waals surface area contributed by atoms with Gasteiger partial charge in [0.25, 0.3) is 5.56 Å². The number of hydrogen-bond donors (Lipinski definition) is 4. The Bertz CT molecular complexity index is 1460. The number of H-pyrrole nitrogens is 2. The summed E-state index contributed by atoms with van der Waals surface area (Å²) in [5, 5.41) is 14.9. The number of methoxy groups -OCH3 is 1. The van der Waals surface area contributed by atoms with Crippen LogP contribution >= 0.6 is 0 Å². The van der Waals surface area contributed by atoms with Crippen LogP contribution in [0.1, 0.15) is 46.3 Å². The summed E-state index contributed by atoms with van der Waals surface area (Å²) >= 11 is 0. The first-order valence-electron chi connectivity index (χ1n) is 12.0. The van der Waals surface area contributed by atoms with Gasteiger partial charge in [0, 0.05) is 42.2 Å². The average molecular weight is 504 g/mol. The van der Waals surface area contributed by atoms with Gasteiger partial charge in [-0.15, -0.1) is 0 Å². The summed E-state index contributed by atoms with van der Waals surface area (Å²) < 4.78 is 10.2. The molecule has 2 aromatic heterocycles. The number of pyridine rings is 1. The van der Waals surface area contributed by atoms with Crippen LogP contribution in [0.15, 0.2) is 65.7 Å². The van der Waals surface area contributed by atoms with Crippen molar-refractivity contribution in [3.63, 3.8) is 0 Å². The molecular weight excluding hydrogens is 474 g/mol. The minimum Gasteiger partial charge on any atom is -0.506 e. The van der Waals surface area contributed by atoms with E-state index in [0.29, 0.717) is 24.3 Å². The maximum absolute atomic E-state index is 13.0. The Balaban J connectivity index is 1.58. The van der Waals surface area contributed by atoms with Gasteiger partial charge in [0.05, 0.1) is 19.3 Å². The molecule has 1 amide bonds. The van der Waals surface area contributed by atoms with Crippen LogP contribution in [0.2, 0.25) is 0 Å². The summed E-state index contributed by atoms with van der Waals surface area (Å²) in [5.74, 6) is -1.80. The molecule has 2 heterocycles. The summed E-state index contributed by atoms with van der Waals surface area (Å²) in [6.45, 7) is 2.14. The highest BCUT2D eigenvalue weighted by molar-refractivity contribution is 5.92. The second-order valence-corrected chi connectivity index (χ2v) is 8.50. The molecule has 0 fully saturated rings. The highest BCUT2D eigenvalue weighted by Crippen LogP contribution is 2.34. The van der Waals surface area contributed by atoms with Crippen molar-refractivity contribution in [1.82, 2.24) is 15.3 Å². The van der Waals surface area contributed by atoms with Crippen molar-refractivity contribution < 1.29 is 24.2 Å². The van der Waals surface area contributed by atoms with E-state index in [1.165, 1.54) is 7.11 Å². The summed E-state index contributed by atoms with van der Waals surface area (Å²) in [7, 11) is 1.53. The molecule has 4 rings (SSSR count). The molecule has 192 valence electrons. The molecule has 0 aliphatic heterocycles. The minimum atomic E-state index is -0.822. The third-order valence-corrected chi connectivity index (χ3v) is 6.25. The van der Waals surface area contributed by atoms with Crippen LogP contribution in [-0.2, 0) is 16.0 Å². The molecule has 9 heteroatoms. The van der Waals surface area contributed by atoms with E-state index in [2.05, 4.69) is 15.3 Å². The van der Waals surface area contributed by atoms with Gasteiger partial charge in [-0.3, -0.25) is 9.59 Å². The zero-order valence-corrected chi connectivity index (χ0v) is 20.7. The number of carbonyl (C=O) groups is 2. The van der Waals surface area contributed by atoms with E-state index in [9.17, 15) is 19.5 Å². The Morgan fingerprint density at radius 1 is 1.05 bits per heavy atom. The van der Waals surface area contributed by atoms with Crippen molar-refractivity contribution in [3.05, 3.63) is 93.5 Å². The first kappa shape index (κ1) is 25.6. The Kier molecular flexibility index (Phi) is 7.92. The number of carbonyl (C=O) groups excluding carboxylic acids is 2. The van der Waals surface area contributed by atoms with Crippen LogP contribution in [-0.4, -0.2) is 47.2 Å². The predicted molar refractivity (Wildman–Crippen MR) is 139 cm³/mol. The van der Waals surface area contributed by atoms with Gasteiger partial charge < -0.3 is 29.9 Å². The third kappa shape index (κ3) is 5.66. The van der Waals surface area contributed by atoms with Crippen LogP contribution < -0.4 is 15.6 Å². The molecule has 0 spiro atoms. The van der Waals surface area contributed by atoms with E-state index in [-0.39, 0.29) is 30.1 Å². The van der Waals surface area contributed by atoms with E-state index in [1.807, 2.05) is 30.5 Å². The molecule has 0 aliphatic rings. The van der Waals surface area contributed by atoms with E-state index >= 15 is 0 Å². The van der Waals surface area contributed by atoms with E-state index in [4.69, 9.17) is 9.47 Å². The van der Waals surface area contributed by atoms with Gasteiger partial charge >= 0.3 is 5.97 Å². The molecular formula is C28H29N3O6. The fourth-order valence-electron chi connectivity index (χ4n) is 4.38. The first-order chi connectivity index (χ1) is 17.9. The third-order valence-electron chi connectivity index (χ3n) is 6.25. The maximum atomic E-state index is 13.0. The van der Waals surface area contributed by atoms with Crippen molar-refractivity contribution in [2.45, 2.75) is 25.7 Å². The molecule has 2 aromatic carbocycles. The molecule has 0 saturated heterocycles. The second-order valence-electron chi connectivity index (χ2n) is 8.50. The number of aromatic nitrogens is 2. The lowest BCUT2D eigenvalue weighted by atomic mass is 9.87. The van der Waals surface area contributed by atoms with Gasteiger partial charge in [0.2, 0.25) is 5.91 Å². The van der Waals surface area contributed by atoms with E-state index in [0.717, 1.165) is 22.7 Å². The first-order valence-corrected chi connectivity index (χ1v) is 12.0. The molecule has 4 N–H and O–H groups in total. The number of amides is 1. The number of esters is 1. The van der Waals surface area contributed by atoms with Crippen molar-refractivity contribution in [2.24, 2.45) is 0 Å². The van der Waals surface area contributed by atoms with Crippen LogP contribution in [0, 0.1) is 0 Å². The molecule has 9 nitrogen and oxygen atoms in total. The topological polar surface area (TPSA) is 134 Å². The molecule has 1 atom stereocenters. The number of benzene rings is 2. The van der Waals surface area contributed by atoms with Crippen molar-refractivity contribution >= 4 is 22.8 Å². The number of hydrogen-bond acceptors (Lipinski definition) is 6. The van der Waals surface area contributed by atoms with Crippen LogP contribution in [0.4, 0.5) is 0 Å². The summed E-state index contributed by atoms with van der Waals surface area (Å²) in [6.07, 6.45) is 3.54. The van der Waals surface area contributed by atoms with Gasteiger partial charge in [0.1, 0.15) is 17.1 Å². The minimum absolute atomic E-state index is 0.0810. The lowest BCUT2D eigenvalue weighted by molar-refractivity contribution is -0.121. The Morgan fingerprint density at radius 3 is 2.54 bits per heavy atom. The monoisotopic (exact) mass is 503 g/mol. The Hall–Kier alpha value is -4.53. The Labute approximate surface area is 213 Å². The van der Waals surface area contributed by atoms with Gasteiger partial charge in [-0.2, -0.15) is 0 Å². The quantitative estimate of drug-likeness (QED) is 0.244. The molecule has 0 radical (unpaired) electrons. The molecule has 0 bridgehead atoms. The van der Waals surface area contributed by atoms with E-state index in [1.54, 1.807) is 31.2 Å². The highest BCUT2D eigenvalue weighted by atomic mass is 16.5. The fraction of sp³-hybridized carbons (Fsp3) is 0.250. The van der Waals surface area contributed by atoms with Gasteiger partial charge in [-0.1, -0.05) is 30.3 Å². The van der Waals surface area contributed by atoms with Crippen LogP contribution in [0.5, 0.6) is 11.5 Å². The lowest BCUT2D eigenvalue weighted by Crippen LogP contribution is -2.29. The number of fused-ring (bicyclic) bond motifs is 1. The van der Waals surface area contributed by atoms with Crippen LogP contribution in [0.3, 0.4) is 0 Å². The lowest BCUT2D eigenvalue weighted by Gasteiger charge is -2.19. The molecule has 37 heavy (non-hydrogen) atoms. The van der Waals surface area contributed by atoms with E-state index < -0.39 is 23.2 Å². The second kappa shape index (κ2) is 11.5. The number of nitrogens with one attached hydrogen (secondary N) is 3. The summed E-state index contributed by atoms with van der Waals surface area (Å²) in [4.78, 5) is 43.9. The molecule has 0 saturated carbocycles. The van der Waals surface area contributed by atoms with Crippen LogP contribution in [0.25, 0.3) is 10.9 Å². The van der Waals surface area contributed by atoms with Gasteiger partial charge in [0.15, 0.2) is 0 Å². The largest absolute Gasteiger partial charge is 0.506 e. The molecule has 0 aliphatic carbocycles. The van der Waals surface area contributed by atoms with Crippen molar-refractivity contribution in [3.8, 4) is 11.5 Å². The normalized spacial score (nSPS) is 11.7. The maximum Gasteiger partial charge on any atom is 0.343 e.